The standard InChI is InChI=1S/C15H13ClO6/c1-19-12-4-3-10(16)7-11(12)14(17)22-8-9-5-6-21-13(9)15(18)20-2/h3-7H,8H2,1-2H3. The van der Waals surface area contributed by atoms with E-state index >= 15 is 0 Å². The Morgan fingerprint density at radius 3 is 2.64 bits per heavy atom. The molecule has 0 aliphatic carbocycles. The Labute approximate surface area is 131 Å². The molecule has 116 valence electrons. The number of furan rings is 1. The molecule has 0 N–H and O–H groups in total. The second kappa shape index (κ2) is 7.00. The van der Waals surface area contributed by atoms with Crippen LogP contribution in [0.2, 0.25) is 5.02 Å². The van der Waals surface area contributed by atoms with Crippen molar-refractivity contribution in [3.63, 3.8) is 0 Å². The number of carbonyl (C=O) groups is 2. The van der Waals surface area contributed by atoms with Crippen LogP contribution in [0.3, 0.4) is 0 Å². The lowest BCUT2D eigenvalue weighted by Crippen LogP contribution is -2.09. The van der Waals surface area contributed by atoms with Gasteiger partial charge in [0.1, 0.15) is 17.9 Å². The fourth-order valence-corrected chi connectivity index (χ4v) is 1.95. The van der Waals surface area contributed by atoms with Crippen molar-refractivity contribution in [1.82, 2.24) is 0 Å². The summed E-state index contributed by atoms with van der Waals surface area (Å²) in [6, 6.07) is 6.13. The summed E-state index contributed by atoms with van der Waals surface area (Å²) >= 11 is 5.86. The van der Waals surface area contributed by atoms with Gasteiger partial charge in [-0.15, -0.1) is 0 Å². The molecular weight excluding hydrogens is 312 g/mol. The zero-order valence-electron chi connectivity index (χ0n) is 11.9. The SMILES string of the molecule is COC(=O)c1occc1COC(=O)c1cc(Cl)ccc1OC. The summed E-state index contributed by atoms with van der Waals surface area (Å²) in [4.78, 5) is 23.6. The van der Waals surface area contributed by atoms with Gasteiger partial charge in [-0.1, -0.05) is 11.6 Å². The lowest BCUT2D eigenvalue weighted by molar-refractivity contribution is 0.0450. The Morgan fingerprint density at radius 1 is 1.18 bits per heavy atom. The molecule has 0 unspecified atom stereocenters. The van der Waals surface area contributed by atoms with Gasteiger partial charge in [0, 0.05) is 10.6 Å². The zero-order chi connectivity index (χ0) is 16.1. The van der Waals surface area contributed by atoms with E-state index in [2.05, 4.69) is 4.74 Å². The predicted octanol–water partition coefficient (Wildman–Crippen LogP) is 3.09. The van der Waals surface area contributed by atoms with Crippen molar-refractivity contribution >= 4 is 23.5 Å². The van der Waals surface area contributed by atoms with Gasteiger partial charge in [0.05, 0.1) is 20.5 Å². The summed E-state index contributed by atoms with van der Waals surface area (Å²) < 4.78 is 19.8. The molecule has 0 amide bonds. The third-order valence-corrected chi connectivity index (χ3v) is 3.09. The smallest absolute Gasteiger partial charge is 0.374 e. The van der Waals surface area contributed by atoms with E-state index in [0.29, 0.717) is 16.3 Å². The molecule has 2 rings (SSSR count). The minimum absolute atomic E-state index is 0.00615. The zero-order valence-corrected chi connectivity index (χ0v) is 12.7. The highest BCUT2D eigenvalue weighted by Crippen LogP contribution is 2.24. The van der Waals surface area contributed by atoms with Crippen LogP contribution in [0.25, 0.3) is 0 Å². The van der Waals surface area contributed by atoms with E-state index in [1.807, 2.05) is 0 Å². The van der Waals surface area contributed by atoms with E-state index in [1.165, 1.54) is 32.6 Å². The molecular formula is C15H13ClO6. The third kappa shape index (κ3) is 3.40. The molecule has 0 saturated heterocycles. The Hall–Kier alpha value is -2.47. The van der Waals surface area contributed by atoms with Crippen molar-refractivity contribution in [2.75, 3.05) is 14.2 Å². The summed E-state index contributed by atoms with van der Waals surface area (Å²) in [5.74, 6) is -0.934. The Kier molecular flexibility index (Phi) is 5.06. The van der Waals surface area contributed by atoms with Gasteiger partial charge in [0.2, 0.25) is 5.76 Å². The first-order valence-electron chi connectivity index (χ1n) is 6.22. The van der Waals surface area contributed by atoms with Crippen LogP contribution in [0, 0.1) is 0 Å². The molecule has 1 aromatic carbocycles. The molecule has 0 aliphatic rings. The van der Waals surface area contributed by atoms with E-state index in [1.54, 1.807) is 12.1 Å². The number of carbonyl (C=O) groups excluding carboxylic acids is 2. The van der Waals surface area contributed by atoms with Crippen molar-refractivity contribution in [3.05, 3.63) is 52.4 Å². The van der Waals surface area contributed by atoms with Gasteiger partial charge >= 0.3 is 11.9 Å². The second-order valence-electron chi connectivity index (χ2n) is 4.19. The van der Waals surface area contributed by atoms with Gasteiger partial charge in [0.15, 0.2) is 0 Å². The highest BCUT2D eigenvalue weighted by atomic mass is 35.5. The number of rotatable bonds is 5. The predicted molar refractivity (Wildman–Crippen MR) is 77.2 cm³/mol. The minimum Gasteiger partial charge on any atom is -0.496 e. The van der Waals surface area contributed by atoms with Gasteiger partial charge in [-0.25, -0.2) is 9.59 Å². The van der Waals surface area contributed by atoms with Crippen LogP contribution >= 0.6 is 11.6 Å². The normalized spacial score (nSPS) is 10.1. The lowest BCUT2D eigenvalue weighted by Gasteiger charge is -2.09. The van der Waals surface area contributed by atoms with Crippen LogP contribution in [-0.2, 0) is 16.1 Å². The number of esters is 2. The van der Waals surface area contributed by atoms with Crippen molar-refractivity contribution in [2.24, 2.45) is 0 Å². The van der Waals surface area contributed by atoms with Gasteiger partial charge in [0.25, 0.3) is 0 Å². The summed E-state index contributed by atoms with van der Waals surface area (Å²) in [5, 5.41) is 0.381. The molecule has 1 heterocycles. The highest BCUT2D eigenvalue weighted by Gasteiger charge is 2.19. The van der Waals surface area contributed by atoms with Gasteiger partial charge in [-0.05, 0) is 24.3 Å². The first-order valence-corrected chi connectivity index (χ1v) is 6.60. The first kappa shape index (κ1) is 15.9. The lowest BCUT2D eigenvalue weighted by atomic mass is 10.2. The average Bonchev–Trinajstić information content (AvgIpc) is 3.00. The highest BCUT2D eigenvalue weighted by molar-refractivity contribution is 6.31. The van der Waals surface area contributed by atoms with Crippen LogP contribution in [0.1, 0.15) is 26.5 Å². The third-order valence-electron chi connectivity index (χ3n) is 2.86. The van der Waals surface area contributed by atoms with Crippen molar-refractivity contribution in [3.8, 4) is 5.75 Å². The van der Waals surface area contributed by atoms with E-state index in [-0.39, 0.29) is 17.9 Å². The number of hydrogen-bond acceptors (Lipinski definition) is 6. The number of halogens is 1. The second-order valence-corrected chi connectivity index (χ2v) is 4.62. The van der Waals surface area contributed by atoms with Gasteiger partial charge < -0.3 is 18.6 Å². The Balaban J connectivity index is 2.12. The maximum absolute atomic E-state index is 12.1. The van der Waals surface area contributed by atoms with E-state index in [9.17, 15) is 9.59 Å². The van der Waals surface area contributed by atoms with Crippen LogP contribution in [-0.4, -0.2) is 26.2 Å². The summed E-state index contributed by atoms with van der Waals surface area (Å²) in [7, 11) is 2.67. The molecule has 0 radical (unpaired) electrons. The molecule has 2 aromatic rings. The maximum atomic E-state index is 12.1. The largest absolute Gasteiger partial charge is 0.496 e. The molecule has 0 atom stereocenters. The molecule has 7 heteroatoms. The average molecular weight is 325 g/mol. The van der Waals surface area contributed by atoms with Crippen LogP contribution in [0.15, 0.2) is 34.9 Å². The fourth-order valence-electron chi connectivity index (χ4n) is 1.78. The minimum atomic E-state index is -0.642. The number of benzene rings is 1. The van der Waals surface area contributed by atoms with Gasteiger partial charge in [-0.3, -0.25) is 0 Å². The monoisotopic (exact) mass is 324 g/mol. The van der Waals surface area contributed by atoms with E-state index in [0.717, 1.165) is 0 Å². The fraction of sp³-hybridized carbons (Fsp3) is 0.200. The Bertz CT molecular complexity index is 691. The number of hydrogen-bond donors (Lipinski definition) is 0. The van der Waals surface area contributed by atoms with E-state index in [4.69, 9.17) is 25.5 Å². The van der Waals surface area contributed by atoms with Crippen LogP contribution < -0.4 is 4.74 Å². The van der Waals surface area contributed by atoms with E-state index < -0.39 is 11.9 Å². The van der Waals surface area contributed by atoms with Crippen molar-refractivity contribution in [1.29, 1.82) is 0 Å². The van der Waals surface area contributed by atoms with Crippen LogP contribution in [0.5, 0.6) is 5.75 Å². The summed E-state index contributed by atoms with van der Waals surface area (Å²) in [6.07, 6.45) is 1.31. The quantitative estimate of drug-likeness (QED) is 0.787. The van der Waals surface area contributed by atoms with Crippen molar-refractivity contribution < 1.29 is 28.2 Å². The molecule has 1 aromatic heterocycles. The summed E-state index contributed by atoms with van der Waals surface area (Å²) in [6.45, 7) is -0.143. The molecule has 0 saturated carbocycles. The van der Waals surface area contributed by atoms with Crippen LogP contribution in [0.4, 0.5) is 0 Å². The molecule has 6 nitrogen and oxygen atoms in total. The molecule has 22 heavy (non-hydrogen) atoms. The Morgan fingerprint density at radius 2 is 1.95 bits per heavy atom. The topological polar surface area (TPSA) is 75.0 Å². The maximum Gasteiger partial charge on any atom is 0.374 e. The van der Waals surface area contributed by atoms with Gasteiger partial charge in [-0.2, -0.15) is 0 Å². The molecule has 0 aliphatic heterocycles. The molecule has 0 fully saturated rings. The first-order chi connectivity index (χ1) is 10.6. The molecule has 0 bridgehead atoms. The number of ether oxygens (including phenoxy) is 3. The summed E-state index contributed by atoms with van der Waals surface area (Å²) in [5.41, 5.74) is 0.597. The van der Waals surface area contributed by atoms with Crippen molar-refractivity contribution in [2.45, 2.75) is 6.61 Å². The molecule has 0 spiro atoms. The number of methoxy groups -OCH3 is 2.